The predicted octanol–water partition coefficient (Wildman–Crippen LogP) is 3.62. The normalized spacial score (nSPS) is 17.0. The summed E-state index contributed by atoms with van der Waals surface area (Å²) < 4.78 is 12.3. The van der Waals surface area contributed by atoms with Crippen LogP contribution >= 0.6 is 0 Å². The average molecular weight is 462 g/mol. The number of carbonyl (C=O) groups excluding carboxylic acids is 2. The molecule has 9 nitrogen and oxygen atoms in total. The minimum Gasteiger partial charge on any atom is -0.489 e. The van der Waals surface area contributed by atoms with E-state index in [-0.39, 0.29) is 30.2 Å². The molecular formula is C25H27N5O4. The van der Waals surface area contributed by atoms with Crippen molar-refractivity contribution in [3.8, 4) is 11.5 Å². The monoisotopic (exact) mass is 461 g/mol. The second-order valence-corrected chi connectivity index (χ2v) is 8.73. The molecule has 2 heterocycles. The molecule has 1 aliphatic heterocycles. The van der Waals surface area contributed by atoms with E-state index in [0.717, 1.165) is 16.7 Å². The van der Waals surface area contributed by atoms with E-state index in [0.29, 0.717) is 28.4 Å². The molecule has 0 bridgehead atoms. The number of amides is 1. The van der Waals surface area contributed by atoms with Gasteiger partial charge in [0.05, 0.1) is 12.0 Å². The van der Waals surface area contributed by atoms with Gasteiger partial charge in [-0.15, -0.1) is 0 Å². The van der Waals surface area contributed by atoms with Crippen LogP contribution in [0.15, 0.2) is 36.8 Å². The third-order valence-electron chi connectivity index (χ3n) is 6.12. The Morgan fingerprint density at radius 1 is 1.15 bits per heavy atom. The molecule has 1 unspecified atom stereocenters. The Kier molecular flexibility index (Phi) is 5.87. The molecule has 0 spiro atoms. The molecular weight excluding hydrogens is 434 g/mol. The van der Waals surface area contributed by atoms with Crippen molar-refractivity contribution in [1.82, 2.24) is 9.97 Å². The number of Topliss-reactive ketones (excluding diaryl/α,β-unsaturated/α-hetero) is 1. The van der Waals surface area contributed by atoms with Gasteiger partial charge in [-0.2, -0.15) is 0 Å². The van der Waals surface area contributed by atoms with E-state index in [1.165, 1.54) is 12.5 Å². The Bertz CT molecular complexity index is 1290. The summed E-state index contributed by atoms with van der Waals surface area (Å²) in [6.07, 6.45) is 2.82. The highest BCUT2D eigenvalue weighted by Crippen LogP contribution is 2.42. The number of nitrogen functional groups attached to an aromatic ring is 2. The number of aromatic nitrogens is 2. The van der Waals surface area contributed by atoms with Gasteiger partial charge in [-0.05, 0) is 68.7 Å². The van der Waals surface area contributed by atoms with E-state index in [1.807, 2.05) is 27.7 Å². The summed E-state index contributed by atoms with van der Waals surface area (Å²) in [5.74, 6) is 0.835. The zero-order chi connectivity index (χ0) is 24.6. The van der Waals surface area contributed by atoms with Crippen molar-refractivity contribution < 1.29 is 19.1 Å². The lowest BCUT2D eigenvalue weighted by Crippen LogP contribution is -2.45. The second kappa shape index (κ2) is 8.66. The van der Waals surface area contributed by atoms with Crippen LogP contribution in [0, 0.1) is 20.8 Å². The van der Waals surface area contributed by atoms with Gasteiger partial charge in [0.25, 0.3) is 5.91 Å². The summed E-state index contributed by atoms with van der Waals surface area (Å²) in [4.78, 5) is 33.0. The van der Waals surface area contributed by atoms with Crippen LogP contribution in [-0.2, 0) is 0 Å². The Balaban J connectivity index is 1.44. The number of anilines is 3. The lowest BCUT2D eigenvalue weighted by molar-refractivity contribution is 0.0183. The van der Waals surface area contributed by atoms with Crippen molar-refractivity contribution in [2.75, 3.05) is 23.4 Å². The Labute approximate surface area is 197 Å². The van der Waals surface area contributed by atoms with Crippen LogP contribution in [-0.4, -0.2) is 33.9 Å². The summed E-state index contributed by atoms with van der Waals surface area (Å²) in [5.41, 5.74) is 15.5. The number of hydrogen-bond donors (Lipinski definition) is 3. The number of fused-ring (bicyclic) bond motifs is 1. The number of hydrogen-bond acceptors (Lipinski definition) is 8. The van der Waals surface area contributed by atoms with E-state index >= 15 is 0 Å². The zero-order valence-electron chi connectivity index (χ0n) is 19.6. The molecule has 5 N–H and O–H groups in total. The van der Waals surface area contributed by atoms with E-state index in [9.17, 15) is 9.59 Å². The molecule has 1 atom stereocenters. The van der Waals surface area contributed by atoms with Gasteiger partial charge in [0.2, 0.25) is 0 Å². The fourth-order valence-electron chi connectivity index (χ4n) is 3.98. The molecule has 2 aromatic carbocycles. The molecule has 34 heavy (non-hydrogen) atoms. The zero-order valence-corrected chi connectivity index (χ0v) is 19.6. The van der Waals surface area contributed by atoms with Crippen LogP contribution in [0.25, 0.3) is 0 Å². The number of nitrogens with two attached hydrogens (primary N) is 2. The maximum atomic E-state index is 13.0. The van der Waals surface area contributed by atoms with Gasteiger partial charge in [-0.1, -0.05) is 0 Å². The maximum Gasteiger partial charge on any atom is 0.260 e. The second-order valence-electron chi connectivity index (χ2n) is 8.73. The topological polar surface area (TPSA) is 142 Å². The van der Waals surface area contributed by atoms with Gasteiger partial charge in [-0.3, -0.25) is 9.59 Å². The van der Waals surface area contributed by atoms with Crippen LogP contribution in [0.2, 0.25) is 0 Å². The Hall–Kier alpha value is -4.14. The molecule has 176 valence electrons. The van der Waals surface area contributed by atoms with Crippen molar-refractivity contribution in [2.45, 2.75) is 39.7 Å². The first-order valence-electron chi connectivity index (χ1n) is 10.8. The first kappa shape index (κ1) is 23.0. The van der Waals surface area contributed by atoms with Crippen molar-refractivity contribution in [2.24, 2.45) is 0 Å². The minimum absolute atomic E-state index is 0.0122. The van der Waals surface area contributed by atoms with Gasteiger partial charge in [0.15, 0.2) is 5.78 Å². The van der Waals surface area contributed by atoms with E-state index < -0.39 is 11.5 Å². The van der Waals surface area contributed by atoms with E-state index in [1.54, 1.807) is 24.3 Å². The molecule has 3 aromatic rings. The van der Waals surface area contributed by atoms with Crippen molar-refractivity contribution >= 4 is 28.9 Å². The molecule has 0 aliphatic carbocycles. The van der Waals surface area contributed by atoms with Gasteiger partial charge in [0, 0.05) is 17.6 Å². The minimum atomic E-state index is -0.832. The van der Waals surface area contributed by atoms with Crippen LogP contribution in [0.5, 0.6) is 11.5 Å². The van der Waals surface area contributed by atoms with E-state index in [2.05, 4.69) is 15.3 Å². The highest BCUT2D eigenvalue weighted by molar-refractivity contribution is 6.07. The van der Waals surface area contributed by atoms with Crippen LogP contribution in [0.4, 0.5) is 17.2 Å². The summed E-state index contributed by atoms with van der Waals surface area (Å²) in [5, 5.41) is 2.74. The predicted molar refractivity (Wildman–Crippen MR) is 129 cm³/mol. The lowest BCUT2D eigenvalue weighted by atomic mass is 9.86. The molecule has 4 rings (SSSR count). The molecule has 0 saturated carbocycles. The van der Waals surface area contributed by atoms with E-state index in [4.69, 9.17) is 20.9 Å². The smallest absolute Gasteiger partial charge is 0.260 e. The van der Waals surface area contributed by atoms with Gasteiger partial charge >= 0.3 is 0 Å². The first-order valence-corrected chi connectivity index (χ1v) is 10.8. The molecule has 9 heteroatoms. The average Bonchev–Trinajstić information content (AvgIpc) is 2.81. The summed E-state index contributed by atoms with van der Waals surface area (Å²) in [6, 6.07) is 6.86. The SMILES string of the molecule is Cc1c(C)c2c(c(C)c1N)C(=O)CC(C)(COc1ccc(NC(=O)c3cncnc3N)cc1)O2. The third kappa shape index (κ3) is 4.24. The van der Waals surface area contributed by atoms with Crippen LogP contribution in [0.3, 0.4) is 0 Å². The number of ketones is 1. The lowest BCUT2D eigenvalue weighted by Gasteiger charge is -2.36. The molecule has 1 aromatic heterocycles. The number of benzene rings is 2. The molecule has 0 saturated heterocycles. The van der Waals surface area contributed by atoms with Gasteiger partial charge in [-0.25, -0.2) is 9.97 Å². The number of nitrogens with zero attached hydrogens (tertiary/aromatic N) is 2. The number of nitrogens with one attached hydrogen (secondary N) is 1. The largest absolute Gasteiger partial charge is 0.489 e. The van der Waals surface area contributed by atoms with Gasteiger partial charge in [0.1, 0.15) is 41.4 Å². The van der Waals surface area contributed by atoms with Crippen LogP contribution in [0.1, 0.15) is 50.8 Å². The molecule has 1 aliphatic rings. The maximum absolute atomic E-state index is 13.0. The molecule has 0 radical (unpaired) electrons. The van der Waals surface area contributed by atoms with Crippen LogP contribution < -0.4 is 26.3 Å². The van der Waals surface area contributed by atoms with Gasteiger partial charge < -0.3 is 26.3 Å². The number of ether oxygens (including phenoxy) is 2. The quantitative estimate of drug-likeness (QED) is 0.489. The number of carbonyl (C=O) groups is 2. The highest BCUT2D eigenvalue weighted by atomic mass is 16.5. The van der Waals surface area contributed by atoms with Crippen molar-refractivity contribution in [3.63, 3.8) is 0 Å². The summed E-state index contributed by atoms with van der Waals surface area (Å²) >= 11 is 0. The van der Waals surface area contributed by atoms with Crippen molar-refractivity contribution in [1.29, 1.82) is 0 Å². The third-order valence-corrected chi connectivity index (χ3v) is 6.12. The number of rotatable bonds is 5. The standard InChI is InChI=1S/C25H27N5O4/c1-13-14(2)22-20(15(3)21(13)26)19(31)9-25(4,34-22)11-33-17-7-5-16(6-8-17)30-24(32)18-10-28-12-29-23(18)27/h5-8,10,12H,9,11,26H2,1-4H3,(H,30,32)(H2,27,28,29). The summed E-state index contributed by atoms with van der Waals surface area (Å²) in [6.45, 7) is 7.71. The highest BCUT2D eigenvalue weighted by Gasteiger charge is 2.40. The molecule has 0 fully saturated rings. The fraction of sp³-hybridized carbons (Fsp3) is 0.280. The Morgan fingerprint density at radius 3 is 2.53 bits per heavy atom. The summed E-state index contributed by atoms with van der Waals surface area (Å²) in [7, 11) is 0. The fourth-order valence-corrected chi connectivity index (χ4v) is 3.98. The molecule has 1 amide bonds. The Morgan fingerprint density at radius 2 is 1.85 bits per heavy atom. The first-order chi connectivity index (χ1) is 16.1. The van der Waals surface area contributed by atoms with Crippen molar-refractivity contribution in [3.05, 3.63) is 64.6 Å².